The van der Waals surface area contributed by atoms with E-state index in [0.717, 1.165) is 11.4 Å². The van der Waals surface area contributed by atoms with Crippen molar-refractivity contribution in [1.82, 2.24) is 10.2 Å². The second kappa shape index (κ2) is 12.3. The lowest BCUT2D eigenvalue weighted by atomic mass is 10.1. The molecule has 2 N–H and O–H groups in total. The van der Waals surface area contributed by atoms with Gasteiger partial charge in [-0.05, 0) is 60.7 Å². The van der Waals surface area contributed by atoms with E-state index in [1.807, 2.05) is 29.2 Å². The molecule has 0 atom stereocenters. The highest BCUT2D eigenvalue weighted by Gasteiger charge is 2.23. The first-order valence-corrected chi connectivity index (χ1v) is 12.9. The third-order valence-electron chi connectivity index (χ3n) is 6.08. The summed E-state index contributed by atoms with van der Waals surface area (Å²) < 4.78 is 10.6. The van der Waals surface area contributed by atoms with E-state index < -0.39 is 5.91 Å². The second-order valence-corrected chi connectivity index (χ2v) is 9.63. The van der Waals surface area contributed by atoms with Crippen LogP contribution in [0, 0.1) is 0 Å². The lowest BCUT2D eigenvalue weighted by Gasteiger charge is -2.36. The van der Waals surface area contributed by atoms with Crippen LogP contribution in [0.2, 0.25) is 10.0 Å². The van der Waals surface area contributed by atoms with Gasteiger partial charge in [-0.3, -0.25) is 14.9 Å². The molecule has 0 radical (unpaired) electrons. The number of anilines is 2. The van der Waals surface area contributed by atoms with Crippen LogP contribution >= 0.6 is 35.4 Å². The summed E-state index contributed by atoms with van der Waals surface area (Å²) in [6.45, 7) is 2.55. The molecule has 3 aromatic rings. The number of nitrogens with one attached hydrogen (secondary N) is 2. The number of benzene rings is 3. The fourth-order valence-corrected chi connectivity index (χ4v) is 4.65. The number of hydrogen-bond acceptors (Lipinski definition) is 6. The summed E-state index contributed by atoms with van der Waals surface area (Å²) in [4.78, 5) is 29.6. The zero-order valence-electron chi connectivity index (χ0n) is 20.8. The number of hydrogen-bond donors (Lipinski definition) is 2. The Morgan fingerprint density at radius 1 is 0.895 bits per heavy atom. The fraction of sp³-hybridized carbons (Fsp3) is 0.222. The third kappa shape index (κ3) is 6.48. The zero-order valence-corrected chi connectivity index (χ0v) is 23.1. The van der Waals surface area contributed by atoms with E-state index in [9.17, 15) is 9.59 Å². The Morgan fingerprint density at radius 2 is 1.53 bits per heavy atom. The molecule has 4 rings (SSSR count). The smallest absolute Gasteiger partial charge is 0.258 e. The largest absolute Gasteiger partial charge is 0.497 e. The standard InChI is InChI=1S/C27H26Cl2N4O4S/c1-36-20-14-17(15-21(16-20)37-2)26(35)33-12-10-32(11-13-33)19-8-6-18(7-9-19)30-27(38)31-25(34)22-4-3-5-23(28)24(22)29/h3-9,14-16H,10-13H2,1-2H3,(H2,30,31,34,38). The molecule has 8 nitrogen and oxygen atoms in total. The quantitative estimate of drug-likeness (QED) is 0.397. The summed E-state index contributed by atoms with van der Waals surface area (Å²) in [6.07, 6.45) is 0. The number of thiocarbonyl (C=S) groups is 1. The number of rotatable bonds is 6. The molecule has 0 spiro atoms. The summed E-state index contributed by atoms with van der Waals surface area (Å²) in [7, 11) is 3.12. The highest BCUT2D eigenvalue weighted by atomic mass is 35.5. The predicted octanol–water partition coefficient (Wildman–Crippen LogP) is 5.10. The van der Waals surface area contributed by atoms with Crippen LogP contribution in [-0.4, -0.2) is 62.2 Å². The van der Waals surface area contributed by atoms with Crippen molar-refractivity contribution in [3.8, 4) is 11.5 Å². The van der Waals surface area contributed by atoms with Gasteiger partial charge in [-0.2, -0.15) is 0 Å². The van der Waals surface area contributed by atoms with Gasteiger partial charge >= 0.3 is 0 Å². The van der Waals surface area contributed by atoms with Gasteiger partial charge in [-0.1, -0.05) is 29.3 Å². The third-order valence-corrected chi connectivity index (χ3v) is 7.10. The Balaban J connectivity index is 1.31. The minimum absolute atomic E-state index is 0.0592. The van der Waals surface area contributed by atoms with Crippen molar-refractivity contribution in [2.24, 2.45) is 0 Å². The summed E-state index contributed by atoms with van der Waals surface area (Å²) >= 11 is 17.4. The maximum Gasteiger partial charge on any atom is 0.258 e. The van der Waals surface area contributed by atoms with Gasteiger partial charge in [0.1, 0.15) is 11.5 Å². The molecule has 1 heterocycles. The van der Waals surface area contributed by atoms with Gasteiger partial charge in [0.2, 0.25) is 0 Å². The number of ether oxygens (including phenoxy) is 2. The molecule has 0 aliphatic carbocycles. The van der Waals surface area contributed by atoms with Crippen molar-refractivity contribution < 1.29 is 19.1 Å². The van der Waals surface area contributed by atoms with Gasteiger partial charge in [-0.25, -0.2) is 0 Å². The Kier molecular flexibility index (Phi) is 8.93. The average molecular weight is 574 g/mol. The van der Waals surface area contributed by atoms with Crippen LogP contribution in [0.25, 0.3) is 0 Å². The van der Waals surface area contributed by atoms with Crippen LogP contribution in [-0.2, 0) is 0 Å². The van der Waals surface area contributed by atoms with Gasteiger partial charge in [-0.15, -0.1) is 0 Å². The molecule has 0 aromatic heterocycles. The molecule has 3 aromatic carbocycles. The number of nitrogens with zero attached hydrogens (tertiary/aromatic N) is 2. The predicted molar refractivity (Wildman–Crippen MR) is 154 cm³/mol. The fourth-order valence-electron chi connectivity index (χ4n) is 4.05. The van der Waals surface area contributed by atoms with Crippen LogP contribution < -0.4 is 25.0 Å². The van der Waals surface area contributed by atoms with Gasteiger partial charge in [0.15, 0.2) is 5.11 Å². The Hall–Kier alpha value is -3.53. The van der Waals surface area contributed by atoms with Crippen LogP contribution in [0.1, 0.15) is 20.7 Å². The number of carbonyl (C=O) groups is 2. The number of amides is 2. The van der Waals surface area contributed by atoms with Crippen molar-refractivity contribution in [3.63, 3.8) is 0 Å². The summed E-state index contributed by atoms with van der Waals surface area (Å²) in [6, 6.07) is 17.7. The Bertz CT molecular complexity index is 1320. The summed E-state index contributed by atoms with van der Waals surface area (Å²) in [5, 5.41) is 6.21. The van der Waals surface area contributed by atoms with Crippen molar-refractivity contribution in [1.29, 1.82) is 0 Å². The number of piperazine rings is 1. The average Bonchev–Trinajstić information content (AvgIpc) is 2.94. The van der Waals surface area contributed by atoms with E-state index in [4.69, 9.17) is 44.9 Å². The van der Waals surface area contributed by atoms with Crippen molar-refractivity contribution in [2.75, 3.05) is 50.6 Å². The Labute approximate surface area is 236 Å². The Morgan fingerprint density at radius 3 is 2.13 bits per heavy atom. The summed E-state index contributed by atoms with van der Waals surface area (Å²) in [5.41, 5.74) is 2.51. The van der Waals surface area contributed by atoms with Crippen LogP contribution in [0.3, 0.4) is 0 Å². The SMILES string of the molecule is COc1cc(OC)cc(C(=O)N2CCN(c3ccc(NC(=S)NC(=O)c4cccc(Cl)c4Cl)cc3)CC2)c1. The molecule has 1 aliphatic rings. The molecule has 1 fully saturated rings. The maximum absolute atomic E-state index is 13.1. The van der Waals surface area contributed by atoms with E-state index in [1.54, 1.807) is 50.6 Å². The van der Waals surface area contributed by atoms with Gasteiger partial charge in [0.05, 0.1) is 29.8 Å². The highest BCUT2D eigenvalue weighted by molar-refractivity contribution is 7.80. The molecule has 0 unspecified atom stereocenters. The molecule has 1 saturated heterocycles. The minimum Gasteiger partial charge on any atom is -0.497 e. The van der Waals surface area contributed by atoms with E-state index in [1.165, 1.54) is 0 Å². The van der Waals surface area contributed by atoms with Crippen LogP contribution in [0.15, 0.2) is 60.7 Å². The summed E-state index contributed by atoms with van der Waals surface area (Å²) in [5.74, 6) is 0.641. The molecular formula is C27H26Cl2N4O4S. The van der Waals surface area contributed by atoms with Crippen LogP contribution in [0.4, 0.5) is 11.4 Å². The first-order chi connectivity index (χ1) is 18.3. The molecule has 198 valence electrons. The molecule has 38 heavy (non-hydrogen) atoms. The minimum atomic E-state index is -0.452. The molecule has 2 amide bonds. The van der Waals surface area contributed by atoms with Crippen molar-refractivity contribution in [2.45, 2.75) is 0 Å². The van der Waals surface area contributed by atoms with Gasteiger partial charge in [0, 0.05) is 49.2 Å². The first kappa shape index (κ1) is 27.5. The molecule has 11 heteroatoms. The highest BCUT2D eigenvalue weighted by Crippen LogP contribution is 2.26. The first-order valence-electron chi connectivity index (χ1n) is 11.7. The molecule has 0 saturated carbocycles. The maximum atomic E-state index is 13.1. The van der Waals surface area contributed by atoms with Crippen molar-refractivity contribution in [3.05, 3.63) is 81.8 Å². The monoisotopic (exact) mass is 572 g/mol. The number of halogens is 2. The topological polar surface area (TPSA) is 83.1 Å². The van der Waals surface area contributed by atoms with E-state index in [2.05, 4.69) is 15.5 Å². The molecule has 1 aliphatic heterocycles. The lowest BCUT2D eigenvalue weighted by Crippen LogP contribution is -2.48. The number of methoxy groups -OCH3 is 2. The second-order valence-electron chi connectivity index (χ2n) is 8.44. The van der Waals surface area contributed by atoms with Crippen molar-refractivity contribution >= 4 is 63.7 Å². The van der Waals surface area contributed by atoms with Gasteiger partial charge in [0.25, 0.3) is 11.8 Å². The number of carbonyl (C=O) groups excluding carboxylic acids is 2. The van der Waals surface area contributed by atoms with Gasteiger partial charge < -0.3 is 24.6 Å². The van der Waals surface area contributed by atoms with Crippen LogP contribution in [0.5, 0.6) is 11.5 Å². The zero-order chi connectivity index (χ0) is 27.2. The molecule has 0 bridgehead atoms. The van der Waals surface area contributed by atoms with E-state index in [-0.39, 0.29) is 21.6 Å². The molecular weight excluding hydrogens is 547 g/mol. The van der Waals surface area contributed by atoms with E-state index >= 15 is 0 Å². The normalized spacial score (nSPS) is 13.1. The lowest BCUT2D eigenvalue weighted by molar-refractivity contribution is 0.0745. The van der Waals surface area contributed by atoms with E-state index in [0.29, 0.717) is 48.3 Å².